The Morgan fingerprint density at radius 1 is 1.00 bits per heavy atom. The molecule has 0 radical (unpaired) electrons. The average molecular weight is 482 g/mol. The highest BCUT2D eigenvalue weighted by Gasteiger charge is 2.28. The van der Waals surface area contributed by atoms with Gasteiger partial charge in [0.1, 0.15) is 0 Å². The first kappa shape index (κ1) is 23.7. The number of carbonyl (C=O) groups is 2. The zero-order valence-corrected chi connectivity index (χ0v) is 19.9. The number of aromatic nitrogens is 2. The van der Waals surface area contributed by atoms with Gasteiger partial charge < -0.3 is 10.2 Å². The minimum absolute atomic E-state index is 0.0137. The van der Waals surface area contributed by atoms with Gasteiger partial charge in [-0.05, 0) is 81.3 Å². The van der Waals surface area contributed by atoms with E-state index < -0.39 is 10.0 Å². The highest BCUT2D eigenvalue weighted by molar-refractivity contribution is 7.89. The molecule has 0 atom stereocenters. The first-order valence-electron chi connectivity index (χ1n) is 11.0. The lowest BCUT2D eigenvalue weighted by atomic mass is 9.95. The van der Waals surface area contributed by atoms with Gasteiger partial charge in [-0.1, -0.05) is 0 Å². The van der Waals surface area contributed by atoms with Gasteiger partial charge in [0, 0.05) is 36.0 Å². The lowest BCUT2D eigenvalue weighted by Crippen LogP contribution is -2.41. The van der Waals surface area contributed by atoms with Crippen molar-refractivity contribution in [2.45, 2.75) is 31.6 Å². The molecule has 0 unspecified atom stereocenters. The number of hydrogen-bond acceptors (Lipinski definition) is 5. The van der Waals surface area contributed by atoms with Gasteiger partial charge in [0.15, 0.2) is 0 Å². The molecule has 2 amide bonds. The quantitative estimate of drug-likeness (QED) is 0.579. The van der Waals surface area contributed by atoms with Crippen molar-refractivity contribution >= 4 is 27.5 Å². The van der Waals surface area contributed by atoms with Gasteiger partial charge in [-0.25, -0.2) is 18.2 Å². The fourth-order valence-corrected chi connectivity index (χ4v) is 4.65. The third-order valence-electron chi connectivity index (χ3n) is 5.97. The van der Waals surface area contributed by atoms with E-state index in [0.717, 1.165) is 17.1 Å². The number of nitrogens with two attached hydrogens (primary N) is 1. The molecule has 10 heteroatoms. The summed E-state index contributed by atoms with van der Waals surface area (Å²) in [5, 5.41) is 12.4. The van der Waals surface area contributed by atoms with Crippen LogP contribution in [0.25, 0.3) is 5.69 Å². The Morgan fingerprint density at radius 2 is 1.62 bits per heavy atom. The standard InChI is InChI=1S/C24H27N5O4S/c1-16-15-17(2)29(27-16)21-7-3-19(4-8-21)24(31)28-13-11-18(12-14-28)23(30)26-20-5-9-22(10-6-20)34(25,32)33/h3-10,15,18H,11-14H2,1-2H3,(H,26,30)(H2,25,32,33). The second-order valence-electron chi connectivity index (χ2n) is 8.51. The van der Waals surface area contributed by atoms with Crippen molar-refractivity contribution in [3.63, 3.8) is 0 Å². The van der Waals surface area contributed by atoms with Crippen molar-refractivity contribution in [2.75, 3.05) is 18.4 Å². The summed E-state index contributed by atoms with van der Waals surface area (Å²) in [6, 6.07) is 15.1. The molecule has 2 aromatic carbocycles. The number of likely N-dealkylation sites (tertiary alicyclic amines) is 1. The smallest absolute Gasteiger partial charge is 0.253 e. The molecule has 0 aliphatic carbocycles. The molecule has 1 fully saturated rings. The van der Waals surface area contributed by atoms with E-state index >= 15 is 0 Å². The molecule has 0 spiro atoms. The highest BCUT2D eigenvalue weighted by Crippen LogP contribution is 2.22. The Bertz CT molecular complexity index is 1310. The van der Waals surface area contributed by atoms with E-state index in [9.17, 15) is 18.0 Å². The Morgan fingerprint density at radius 3 is 2.15 bits per heavy atom. The van der Waals surface area contributed by atoms with Crippen LogP contribution >= 0.6 is 0 Å². The zero-order chi connectivity index (χ0) is 24.5. The van der Waals surface area contributed by atoms with Crippen molar-refractivity contribution in [1.29, 1.82) is 0 Å². The largest absolute Gasteiger partial charge is 0.339 e. The molecule has 1 aliphatic heterocycles. The Balaban J connectivity index is 1.32. The predicted molar refractivity (Wildman–Crippen MR) is 128 cm³/mol. The maximum absolute atomic E-state index is 12.9. The van der Waals surface area contributed by atoms with E-state index in [1.807, 2.05) is 36.7 Å². The first-order chi connectivity index (χ1) is 16.1. The van der Waals surface area contributed by atoms with Crippen LogP contribution in [0.5, 0.6) is 0 Å². The summed E-state index contributed by atoms with van der Waals surface area (Å²) in [5.74, 6) is -0.433. The van der Waals surface area contributed by atoms with Crippen LogP contribution in [0.2, 0.25) is 0 Å². The van der Waals surface area contributed by atoms with Crippen LogP contribution in [0.3, 0.4) is 0 Å². The Kier molecular flexibility index (Phi) is 6.54. The molecule has 0 bridgehead atoms. The lowest BCUT2D eigenvalue weighted by molar-refractivity contribution is -0.121. The van der Waals surface area contributed by atoms with Crippen molar-refractivity contribution < 1.29 is 18.0 Å². The van der Waals surface area contributed by atoms with Gasteiger partial charge in [-0.2, -0.15) is 5.10 Å². The van der Waals surface area contributed by atoms with Crippen LogP contribution < -0.4 is 10.5 Å². The van der Waals surface area contributed by atoms with Crippen molar-refractivity contribution in [1.82, 2.24) is 14.7 Å². The second kappa shape index (κ2) is 9.40. The van der Waals surface area contributed by atoms with Crippen molar-refractivity contribution in [2.24, 2.45) is 11.1 Å². The number of anilines is 1. The maximum Gasteiger partial charge on any atom is 0.253 e. The molecule has 1 aliphatic rings. The van der Waals surface area contributed by atoms with Crippen LogP contribution in [0, 0.1) is 19.8 Å². The van der Waals surface area contributed by atoms with Crippen LogP contribution in [0.15, 0.2) is 59.5 Å². The zero-order valence-electron chi connectivity index (χ0n) is 19.1. The van der Waals surface area contributed by atoms with Crippen LogP contribution in [0.4, 0.5) is 5.69 Å². The van der Waals surface area contributed by atoms with Gasteiger partial charge in [-0.3, -0.25) is 9.59 Å². The van der Waals surface area contributed by atoms with Gasteiger partial charge >= 0.3 is 0 Å². The van der Waals surface area contributed by atoms with Gasteiger partial charge in [-0.15, -0.1) is 0 Å². The van der Waals surface area contributed by atoms with E-state index in [1.165, 1.54) is 24.3 Å². The molecule has 1 aromatic heterocycles. The first-order valence-corrected chi connectivity index (χ1v) is 12.5. The minimum atomic E-state index is -3.78. The Labute approximate surface area is 198 Å². The molecule has 2 heterocycles. The summed E-state index contributed by atoms with van der Waals surface area (Å²) in [4.78, 5) is 27.3. The Hall–Kier alpha value is -3.50. The number of nitrogens with zero attached hydrogens (tertiary/aromatic N) is 3. The van der Waals surface area contributed by atoms with E-state index in [1.54, 1.807) is 17.0 Å². The molecule has 3 aromatic rings. The summed E-state index contributed by atoms with van der Waals surface area (Å²) < 4.78 is 24.5. The second-order valence-corrected chi connectivity index (χ2v) is 10.1. The predicted octanol–water partition coefficient (Wildman–Crippen LogP) is 2.63. The van der Waals surface area contributed by atoms with Gasteiger partial charge in [0.2, 0.25) is 15.9 Å². The molecule has 1 saturated heterocycles. The molecule has 0 saturated carbocycles. The van der Waals surface area contributed by atoms with E-state index in [0.29, 0.717) is 37.2 Å². The maximum atomic E-state index is 12.9. The number of hydrogen-bond donors (Lipinski definition) is 2. The number of piperidine rings is 1. The minimum Gasteiger partial charge on any atom is -0.339 e. The number of aryl methyl sites for hydroxylation is 2. The monoisotopic (exact) mass is 481 g/mol. The van der Waals surface area contributed by atoms with Crippen LogP contribution in [-0.2, 0) is 14.8 Å². The SMILES string of the molecule is Cc1cc(C)n(-c2ccc(C(=O)N3CCC(C(=O)Nc4ccc(S(N)(=O)=O)cc4)CC3)cc2)n1. The molecule has 9 nitrogen and oxygen atoms in total. The van der Waals surface area contributed by atoms with Crippen LogP contribution in [0.1, 0.15) is 34.6 Å². The van der Waals surface area contributed by atoms with Crippen LogP contribution in [-0.4, -0.2) is 48.0 Å². The summed E-state index contributed by atoms with van der Waals surface area (Å²) in [6.45, 7) is 4.90. The molecular weight excluding hydrogens is 454 g/mol. The number of sulfonamides is 1. The number of primary sulfonamides is 1. The van der Waals surface area contributed by atoms with E-state index in [-0.39, 0.29) is 22.6 Å². The van der Waals surface area contributed by atoms with Crippen molar-refractivity contribution in [3.8, 4) is 5.69 Å². The average Bonchev–Trinajstić information content (AvgIpc) is 3.16. The number of nitrogens with one attached hydrogen (secondary N) is 1. The summed E-state index contributed by atoms with van der Waals surface area (Å²) in [6.07, 6.45) is 1.10. The third-order valence-corrected chi connectivity index (χ3v) is 6.90. The fraction of sp³-hybridized carbons (Fsp3) is 0.292. The third kappa shape index (κ3) is 5.18. The van der Waals surface area contributed by atoms with Gasteiger partial charge in [0.25, 0.3) is 5.91 Å². The fourth-order valence-electron chi connectivity index (χ4n) is 4.14. The summed E-state index contributed by atoms with van der Waals surface area (Å²) in [7, 11) is -3.78. The number of carbonyl (C=O) groups excluding carboxylic acids is 2. The molecule has 178 valence electrons. The topological polar surface area (TPSA) is 127 Å². The van der Waals surface area contributed by atoms with Gasteiger partial charge in [0.05, 0.1) is 16.3 Å². The highest BCUT2D eigenvalue weighted by atomic mass is 32.2. The summed E-state index contributed by atoms with van der Waals surface area (Å²) >= 11 is 0. The van der Waals surface area contributed by atoms with Crippen molar-refractivity contribution in [3.05, 3.63) is 71.5 Å². The molecule has 4 rings (SSSR count). The lowest BCUT2D eigenvalue weighted by Gasteiger charge is -2.31. The number of rotatable bonds is 5. The van der Waals surface area contributed by atoms with E-state index in [2.05, 4.69) is 10.4 Å². The molecular formula is C24H27N5O4S. The number of benzene rings is 2. The normalized spacial score (nSPS) is 14.7. The van der Waals surface area contributed by atoms with E-state index in [4.69, 9.17) is 5.14 Å². The number of amides is 2. The molecule has 3 N–H and O–H groups in total. The summed E-state index contributed by atoms with van der Waals surface area (Å²) in [5.41, 5.74) is 3.96. The molecule has 34 heavy (non-hydrogen) atoms.